The summed E-state index contributed by atoms with van der Waals surface area (Å²) in [6.07, 6.45) is 0. The number of para-hydroxylation sites is 1. The summed E-state index contributed by atoms with van der Waals surface area (Å²) in [5, 5.41) is 11.2. The van der Waals surface area contributed by atoms with Crippen LogP contribution in [0.5, 0.6) is 0 Å². The maximum atomic E-state index is 12.1. The molecule has 3 rings (SSSR count). The van der Waals surface area contributed by atoms with Gasteiger partial charge in [-0.1, -0.05) is 41.6 Å². The molecule has 0 radical (unpaired) electrons. The second-order valence-electron chi connectivity index (χ2n) is 6.05. The summed E-state index contributed by atoms with van der Waals surface area (Å²) in [7, 11) is 0. The Labute approximate surface area is 171 Å². The van der Waals surface area contributed by atoms with E-state index in [1.807, 2.05) is 47.9 Å². The predicted molar refractivity (Wildman–Crippen MR) is 110 cm³/mol. The summed E-state index contributed by atoms with van der Waals surface area (Å²) in [6, 6.07) is 14.2. The molecular weight excluding hydrogens is 398 g/mol. The second-order valence-corrected chi connectivity index (χ2v) is 7.79. The molecule has 2 aromatic carbocycles. The molecule has 0 bridgehead atoms. The number of aryl methyl sites for hydroxylation is 1. The molecule has 7 nitrogen and oxygen atoms in total. The third kappa shape index (κ3) is 4.35. The molecule has 1 heterocycles. The van der Waals surface area contributed by atoms with Gasteiger partial charge in [0.1, 0.15) is 0 Å². The summed E-state index contributed by atoms with van der Waals surface area (Å²) < 4.78 is 1.89. The highest BCUT2D eigenvalue weighted by Crippen LogP contribution is 2.31. The molecule has 0 aliphatic heterocycles. The van der Waals surface area contributed by atoms with Gasteiger partial charge in [-0.3, -0.25) is 14.7 Å². The number of nitrogens with zero attached hydrogens (tertiary/aromatic N) is 3. The Kier molecular flexibility index (Phi) is 6.01. The topological polar surface area (TPSA) is 103 Å². The average Bonchev–Trinajstić information content (AvgIpc) is 3.05. The largest absolute Gasteiger partial charge is 0.351 e. The molecule has 9 heteroatoms. The first kappa shape index (κ1) is 19.9. The molecule has 3 amide bonds. The molecule has 0 saturated carbocycles. The number of imide groups is 1. The Bertz CT molecular complexity index is 1020. The first-order valence-electron chi connectivity index (χ1n) is 8.41. The quantitative estimate of drug-likeness (QED) is 0.620. The van der Waals surface area contributed by atoms with Crippen LogP contribution >= 0.6 is 23.4 Å². The highest BCUT2D eigenvalue weighted by molar-refractivity contribution is 8.00. The fourth-order valence-electron chi connectivity index (χ4n) is 2.60. The third-order valence-electron chi connectivity index (χ3n) is 3.99. The Balaban J connectivity index is 2.06. The minimum Gasteiger partial charge on any atom is -0.351 e. The lowest BCUT2D eigenvalue weighted by Gasteiger charge is -2.15. The van der Waals surface area contributed by atoms with Crippen molar-refractivity contribution in [3.8, 4) is 17.1 Å². The van der Waals surface area contributed by atoms with Crippen LogP contribution in [-0.2, 0) is 4.79 Å². The third-order valence-corrected chi connectivity index (χ3v) is 5.28. The van der Waals surface area contributed by atoms with Crippen molar-refractivity contribution in [3.63, 3.8) is 0 Å². The van der Waals surface area contributed by atoms with E-state index in [1.54, 1.807) is 19.1 Å². The molecule has 0 spiro atoms. The summed E-state index contributed by atoms with van der Waals surface area (Å²) in [4.78, 5) is 23.0. The van der Waals surface area contributed by atoms with E-state index in [1.165, 1.54) is 11.8 Å². The van der Waals surface area contributed by atoms with E-state index in [-0.39, 0.29) is 0 Å². The number of nitrogens with one attached hydrogen (secondary N) is 1. The van der Waals surface area contributed by atoms with Crippen LogP contribution in [0.1, 0.15) is 12.5 Å². The molecule has 3 aromatic rings. The van der Waals surface area contributed by atoms with Crippen molar-refractivity contribution in [2.24, 2.45) is 5.73 Å². The molecule has 0 aliphatic carbocycles. The number of hydrogen-bond acceptors (Lipinski definition) is 5. The number of amides is 3. The first-order chi connectivity index (χ1) is 13.4. The zero-order valence-electron chi connectivity index (χ0n) is 15.2. The average molecular weight is 416 g/mol. The van der Waals surface area contributed by atoms with Gasteiger partial charge >= 0.3 is 6.03 Å². The van der Waals surface area contributed by atoms with Gasteiger partial charge in [0.05, 0.1) is 10.9 Å². The van der Waals surface area contributed by atoms with E-state index < -0.39 is 17.2 Å². The van der Waals surface area contributed by atoms with Gasteiger partial charge in [-0.05, 0) is 49.7 Å². The van der Waals surface area contributed by atoms with Gasteiger partial charge in [0.15, 0.2) is 11.0 Å². The van der Waals surface area contributed by atoms with E-state index in [0.29, 0.717) is 16.0 Å². The van der Waals surface area contributed by atoms with Crippen LogP contribution in [0.25, 0.3) is 17.1 Å². The lowest BCUT2D eigenvalue weighted by molar-refractivity contribution is -0.119. The number of carbonyl (C=O) groups is 2. The van der Waals surface area contributed by atoms with E-state index in [4.69, 9.17) is 17.3 Å². The van der Waals surface area contributed by atoms with Crippen molar-refractivity contribution in [2.75, 3.05) is 0 Å². The van der Waals surface area contributed by atoms with Crippen LogP contribution in [0.3, 0.4) is 0 Å². The number of nitrogens with two attached hydrogens (primary N) is 1. The number of primary amides is 1. The van der Waals surface area contributed by atoms with Crippen LogP contribution in [-0.4, -0.2) is 32.0 Å². The Morgan fingerprint density at radius 2 is 1.82 bits per heavy atom. The standard InChI is InChI=1S/C19H18ClN5O2S/c1-11-5-3-4-6-15(11)25-16(13-7-9-14(20)10-8-13)23-24-19(25)28-12(2)17(26)22-18(21)27/h3-10,12H,1-2H3,(H3,21,22,26,27)/t12-/m0/s1. The minimum atomic E-state index is -0.889. The van der Waals surface area contributed by atoms with Crippen LogP contribution < -0.4 is 11.1 Å². The molecule has 0 fully saturated rings. The molecule has 3 N–H and O–H groups in total. The monoisotopic (exact) mass is 415 g/mol. The number of hydrogen-bond donors (Lipinski definition) is 2. The summed E-state index contributed by atoms with van der Waals surface area (Å²) in [5.74, 6) is 0.126. The Hall–Kier alpha value is -2.84. The Morgan fingerprint density at radius 1 is 1.14 bits per heavy atom. The summed E-state index contributed by atoms with van der Waals surface area (Å²) >= 11 is 7.19. The highest BCUT2D eigenvalue weighted by atomic mass is 35.5. The molecule has 144 valence electrons. The van der Waals surface area contributed by atoms with Gasteiger partial charge in [0, 0.05) is 10.6 Å². The molecule has 0 unspecified atom stereocenters. The highest BCUT2D eigenvalue weighted by Gasteiger charge is 2.23. The second kappa shape index (κ2) is 8.45. The zero-order chi connectivity index (χ0) is 20.3. The number of urea groups is 1. The number of thioether (sulfide) groups is 1. The van der Waals surface area contributed by atoms with Crippen molar-refractivity contribution in [1.29, 1.82) is 0 Å². The number of carbonyl (C=O) groups excluding carboxylic acids is 2. The maximum absolute atomic E-state index is 12.1. The SMILES string of the molecule is Cc1ccccc1-n1c(S[C@@H](C)C(=O)NC(N)=O)nnc1-c1ccc(Cl)cc1. The van der Waals surface area contributed by atoms with Crippen LogP contribution in [0.2, 0.25) is 5.02 Å². The predicted octanol–water partition coefficient (Wildman–Crippen LogP) is 3.57. The molecule has 28 heavy (non-hydrogen) atoms. The van der Waals surface area contributed by atoms with Crippen LogP contribution in [0.15, 0.2) is 53.7 Å². The smallest absolute Gasteiger partial charge is 0.318 e. The van der Waals surface area contributed by atoms with Gasteiger partial charge in [-0.15, -0.1) is 10.2 Å². The van der Waals surface area contributed by atoms with E-state index in [9.17, 15) is 9.59 Å². The summed E-state index contributed by atoms with van der Waals surface area (Å²) in [5.41, 5.74) is 7.78. The molecule has 1 atom stereocenters. The molecule has 0 saturated heterocycles. The molecule has 0 aliphatic rings. The molecular formula is C19H18ClN5O2S. The van der Waals surface area contributed by atoms with Gasteiger partial charge in [0.2, 0.25) is 5.91 Å². The van der Waals surface area contributed by atoms with Crippen molar-refractivity contribution < 1.29 is 9.59 Å². The summed E-state index contributed by atoms with van der Waals surface area (Å²) in [6.45, 7) is 3.65. The normalized spacial score (nSPS) is 11.8. The van der Waals surface area contributed by atoms with E-state index in [2.05, 4.69) is 15.5 Å². The minimum absolute atomic E-state index is 0.495. The lowest BCUT2D eigenvalue weighted by atomic mass is 10.1. The Morgan fingerprint density at radius 3 is 2.46 bits per heavy atom. The van der Waals surface area contributed by atoms with Crippen molar-refractivity contribution in [1.82, 2.24) is 20.1 Å². The number of aromatic nitrogens is 3. The van der Waals surface area contributed by atoms with Gasteiger partial charge in [-0.25, -0.2) is 4.79 Å². The van der Waals surface area contributed by atoms with Crippen molar-refractivity contribution in [3.05, 3.63) is 59.1 Å². The fourth-order valence-corrected chi connectivity index (χ4v) is 3.58. The lowest BCUT2D eigenvalue weighted by Crippen LogP contribution is -2.39. The zero-order valence-corrected chi connectivity index (χ0v) is 16.8. The van der Waals surface area contributed by atoms with Gasteiger partial charge in [0.25, 0.3) is 0 Å². The van der Waals surface area contributed by atoms with Gasteiger partial charge < -0.3 is 5.73 Å². The van der Waals surface area contributed by atoms with Crippen molar-refractivity contribution in [2.45, 2.75) is 24.3 Å². The van der Waals surface area contributed by atoms with Crippen LogP contribution in [0.4, 0.5) is 4.79 Å². The first-order valence-corrected chi connectivity index (χ1v) is 9.67. The number of halogens is 1. The van der Waals surface area contributed by atoms with Gasteiger partial charge in [-0.2, -0.15) is 0 Å². The number of benzene rings is 2. The molecule has 1 aromatic heterocycles. The fraction of sp³-hybridized carbons (Fsp3) is 0.158. The maximum Gasteiger partial charge on any atom is 0.318 e. The van der Waals surface area contributed by atoms with Crippen molar-refractivity contribution >= 4 is 35.3 Å². The van der Waals surface area contributed by atoms with E-state index in [0.717, 1.165) is 16.8 Å². The number of rotatable bonds is 5. The van der Waals surface area contributed by atoms with E-state index >= 15 is 0 Å². The van der Waals surface area contributed by atoms with Crippen LogP contribution in [0, 0.1) is 6.92 Å².